The molecule has 0 aliphatic heterocycles. The molecule has 0 radical (unpaired) electrons. The number of benzene rings is 2. The van der Waals surface area contributed by atoms with Gasteiger partial charge in [0.15, 0.2) is 0 Å². The van der Waals surface area contributed by atoms with E-state index in [1.165, 1.54) is 11.1 Å². The summed E-state index contributed by atoms with van der Waals surface area (Å²) in [6, 6.07) is 13.8. The van der Waals surface area contributed by atoms with Gasteiger partial charge in [-0.3, -0.25) is 4.57 Å². The van der Waals surface area contributed by atoms with Crippen LogP contribution >= 0.6 is 0 Å². The summed E-state index contributed by atoms with van der Waals surface area (Å²) in [4.78, 5) is 0.254. The minimum absolute atomic E-state index is 0.254. The average molecular weight is 352 g/mol. The molecule has 2 aromatic carbocycles. The Kier molecular flexibility index (Phi) is 3.03. The molecule has 25 heavy (non-hydrogen) atoms. The molecule has 2 aliphatic rings. The highest BCUT2D eigenvalue weighted by molar-refractivity contribution is 7.92. The monoisotopic (exact) mass is 352 g/mol. The number of hydrogen-bond acceptors (Lipinski definition) is 4. The van der Waals surface area contributed by atoms with Crippen LogP contribution in [0.4, 0.5) is 5.95 Å². The largest absolute Gasteiger partial charge is 0.296 e. The second-order valence-corrected chi connectivity index (χ2v) is 8.23. The van der Waals surface area contributed by atoms with Crippen molar-refractivity contribution in [2.24, 2.45) is 0 Å². The maximum atomic E-state index is 12.8. The second-order valence-electron chi connectivity index (χ2n) is 6.55. The van der Waals surface area contributed by atoms with Gasteiger partial charge < -0.3 is 0 Å². The molecule has 0 bridgehead atoms. The summed E-state index contributed by atoms with van der Waals surface area (Å²) in [7, 11) is -3.69. The number of nitrogens with one attached hydrogen (secondary N) is 1. The van der Waals surface area contributed by atoms with Crippen molar-refractivity contribution < 1.29 is 8.42 Å². The van der Waals surface area contributed by atoms with E-state index in [-0.39, 0.29) is 10.8 Å². The number of aromatic nitrogens is 3. The van der Waals surface area contributed by atoms with E-state index in [0.29, 0.717) is 6.04 Å². The van der Waals surface area contributed by atoms with E-state index in [1.54, 1.807) is 23.0 Å². The first kappa shape index (κ1) is 14.7. The topological polar surface area (TPSA) is 76.9 Å². The van der Waals surface area contributed by atoms with Crippen LogP contribution in [0.25, 0.3) is 11.1 Å². The molecule has 1 aromatic heterocycles. The standard InChI is InChI=1S/C18H16N4O2S/c23-25(24,21-18-20-19-11-22(18)14-5-6-14)15-7-8-17-13(10-15)9-12-3-1-2-4-16(12)17/h1-4,7-8,10-11,14H,5-6,9H2,(H,20,21). The van der Waals surface area contributed by atoms with E-state index < -0.39 is 10.0 Å². The van der Waals surface area contributed by atoms with Crippen molar-refractivity contribution in [2.75, 3.05) is 4.72 Å². The van der Waals surface area contributed by atoms with Crippen LogP contribution in [-0.2, 0) is 16.4 Å². The third kappa shape index (κ3) is 2.42. The van der Waals surface area contributed by atoms with Gasteiger partial charge in [0.25, 0.3) is 10.0 Å². The minimum Gasteiger partial charge on any atom is -0.296 e. The summed E-state index contributed by atoms with van der Waals surface area (Å²) < 4.78 is 29.9. The Labute approximate surface area is 145 Å². The number of anilines is 1. The second kappa shape index (κ2) is 5.16. The highest BCUT2D eigenvalue weighted by Gasteiger charge is 2.28. The molecule has 5 rings (SSSR count). The maximum Gasteiger partial charge on any atom is 0.264 e. The zero-order valence-electron chi connectivity index (χ0n) is 13.4. The fourth-order valence-corrected chi connectivity index (χ4v) is 4.45. The van der Waals surface area contributed by atoms with Crippen LogP contribution in [0.5, 0.6) is 0 Å². The lowest BCUT2D eigenvalue weighted by atomic mass is 10.1. The van der Waals surface area contributed by atoms with Crippen molar-refractivity contribution in [3.05, 3.63) is 59.9 Å². The summed E-state index contributed by atoms with van der Waals surface area (Å²) in [5.74, 6) is 0.284. The Balaban J connectivity index is 1.49. The van der Waals surface area contributed by atoms with Crippen LogP contribution in [0.15, 0.2) is 53.7 Å². The van der Waals surface area contributed by atoms with Crippen molar-refractivity contribution in [1.82, 2.24) is 14.8 Å². The SMILES string of the molecule is O=S(=O)(Nc1nncn1C1CC1)c1ccc2c(c1)Cc1ccccc1-2. The first-order valence-corrected chi connectivity index (χ1v) is 9.74. The lowest BCUT2D eigenvalue weighted by Gasteiger charge is -2.10. The fraction of sp³-hybridized carbons (Fsp3) is 0.222. The molecule has 0 saturated heterocycles. The van der Waals surface area contributed by atoms with Gasteiger partial charge in [0.05, 0.1) is 4.90 Å². The zero-order valence-corrected chi connectivity index (χ0v) is 14.2. The molecule has 1 N–H and O–H groups in total. The third-order valence-electron chi connectivity index (χ3n) is 4.81. The van der Waals surface area contributed by atoms with Crippen molar-refractivity contribution in [3.8, 4) is 11.1 Å². The minimum atomic E-state index is -3.69. The molecular weight excluding hydrogens is 336 g/mol. The highest BCUT2D eigenvalue weighted by Crippen LogP contribution is 2.38. The Morgan fingerprint density at radius 3 is 2.68 bits per heavy atom. The molecule has 2 aliphatic carbocycles. The summed E-state index contributed by atoms with van der Waals surface area (Å²) in [5, 5.41) is 7.75. The molecule has 3 aromatic rings. The molecule has 0 amide bonds. The summed E-state index contributed by atoms with van der Waals surface area (Å²) in [6.07, 6.45) is 4.40. The molecule has 1 saturated carbocycles. The number of hydrogen-bond donors (Lipinski definition) is 1. The molecule has 6 nitrogen and oxygen atoms in total. The van der Waals surface area contributed by atoms with Gasteiger partial charge in [0.1, 0.15) is 6.33 Å². The van der Waals surface area contributed by atoms with E-state index in [9.17, 15) is 8.42 Å². The van der Waals surface area contributed by atoms with Gasteiger partial charge in [-0.2, -0.15) is 0 Å². The Morgan fingerprint density at radius 2 is 1.84 bits per heavy atom. The van der Waals surface area contributed by atoms with E-state index in [2.05, 4.69) is 27.1 Å². The predicted molar refractivity (Wildman–Crippen MR) is 93.8 cm³/mol. The van der Waals surface area contributed by atoms with Gasteiger partial charge in [-0.25, -0.2) is 13.1 Å². The number of rotatable bonds is 4. The Morgan fingerprint density at radius 1 is 1.04 bits per heavy atom. The van der Waals surface area contributed by atoms with Crippen LogP contribution in [0.3, 0.4) is 0 Å². The van der Waals surface area contributed by atoms with Crippen LogP contribution in [-0.4, -0.2) is 23.2 Å². The lowest BCUT2D eigenvalue weighted by Crippen LogP contribution is -2.16. The number of fused-ring (bicyclic) bond motifs is 3. The van der Waals surface area contributed by atoms with Gasteiger partial charge in [-0.15, -0.1) is 10.2 Å². The van der Waals surface area contributed by atoms with Crippen molar-refractivity contribution in [2.45, 2.75) is 30.2 Å². The van der Waals surface area contributed by atoms with Gasteiger partial charge >= 0.3 is 0 Å². The summed E-state index contributed by atoms with van der Waals surface area (Å²) >= 11 is 0. The smallest absolute Gasteiger partial charge is 0.264 e. The first-order valence-electron chi connectivity index (χ1n) is 8.25. The highest BCUT2D eigenvalue weighted by atomic mass is 32.2. The Bertz CT molecular complexity index is 1080. The van der Waals surface area contributed by atoms with Crippen LogP contribution in [0, 0.1) is 0 Å². The van der Waals surface area contributed by atoms with Crippen LogP contribution in [0.1, 0.15) is 30.0 Å². The van der Waals surface area contributed by atoms with Gasteiger partial charge in [-0.05, 0) is 53.6 Å². The molecule has 1 fully saturated rings. The average Bonchev–Trinajstić information content (AvgIpc) is 3.23. The molecular formula is C18H16N4O2S. The van der Waals surface area contributed by atoms with Crippen LogP contribution < -0.4 is 4.72 Å². The molecule has 0 atom stereocenters. The van der Waals surface area contributed by atoms with Gasteiger partial charge in [0.2, 0.25) is 5.95 Å². The summed E-state index contributed by atoms with van der Waals surface area (Å²) in [5.41, 5.74) is 4.56. The van der Waals surface area contributed by atoms with Crippen molar-refractivity contribution in [3.63, 3.8) is 0 Å². The number of nitrogens with zero attached hydrogens (tertiary/aromatic N) is 3. The molecule has 0 unspecified atom stereocenters. The molecule has 1 heterocycles. The quantitative estimate of drug-likeness (QED) is 0.612. The Hall–Kier alpha value is -2.67. The normalized spacial score (nSPS) is 15.7. The van der Waals surface area contributed by atoms with Crippen molar-refractivity contribution in [1.29, 1.82) is 0 Å². The van der Waals surface area contributed by atoms with Crippen molar-refractivity contribution >= 4 is 16.0 Å². The molecule has 7 heteroatoms. The first-order chi connectivity index (χ1) is 12.1. The lowest BCUT2D eigenvalue weighted by molar-refractivity contribution is 0.600. The van der Waals surface area contributed by atoms with E-state index in [4.69, 9.17) is 0 Å². The number of sulfonamides is 1. The fourth-order valence-electron chi connectivity index (χ4n) is 3.40. The molecule has 126 valence electrons. The predicted octanol–water partition coefficient (Wildman–Crippen LogP) is 2.99. The molecule has 0 spiro atoms. The van der Waals surface area contributed by atoms with Gasteiger partial charge in [-0.1, -0.05) is 30.3 Å². The van der Waals surface area contributed by atoms with Crippen LogP contribution in [0.2, 0.25) is 0 Å². The van der Waals surface area contributed by atoms with E-state index >= 15 is 0 Å². The van der Waals surface area contributed by atoms with E-state index in [1.807, 2.05) is 18.2 Å². The maximum absolute atomic E-state index is 12.8. The van der Waals surface area contributed by atoms with E-state index in [0.717, 1.165) is 30.4 Å². The summed E-state index contributed by atoms with van der Waals surface area (Å²) in [6.45, 7) is 0. The zero-order chi connectivity index (χ0) is 17.0. The third-order valence-corrected chi connectivity index (χ3v) is 6.14. The van der Waals surface area contributed by atoms with Gasteiger partial charge in [0, 0.05) is 6.04 Å².